The first-order valence-electron chi connectivity index (χ1n) is 8.89. The Balaban J connectivity index is 1.51. The fraction of sp³-hybridized carbons (Fsp3) is 0.632. The van der Waals surface area contributed by atoms with E-state index in [0.29, 0.717) is 22.1 Å². The van der Waals surface area contributed by atoms with Crippen molar-refractivity contribution in [2.75, 3.05) is 6.54 Å². The Hall–Kier alpha value is -1.54. The first kappa shape index (κ1) is 14.8. The number of likely N-dealkylation sites (tertiary alicyclic amines) is 1. The molecule has 4 aliphatic rings. The van der Waals surface area contributed by atoms with Crippen LogP contribution in [0.25, 0.3) is 0 Å². The number of pyridine rings is 1. The maximum Gasteiger partial charge on any atom is 0.229 e. The smallest absolute Gasteiger partial charge is 0.229 e. The fourth-order valence-corrected chi connectivity index (χ4v) is 6.98. The molecule has 1 aromatic rings. The molecule has 124 valence electrons. The van der Waals surface area contributed by atoms with Gasteiger partial charge in [-0.2, -0.15) is 5.26 Å². The van der Waals surface area contributed by atoms with Crippen molar-refractivity contribution in [3.05, 3.63) is 23.5 Å². The molecule has 5 rings (SSSR count). The molecule has 0 aromatic carbocycles. The van der Waals surface area contributed by atoms with Gasteiger partial charge in [0.1, 0.15) is 6.07 Å². The molecule has 0 radical (unpaired) electrons. The van der Waals surface area contributed by atoms with E-state index >= 15 is 0 Å². The Morgan fingerprint density at radius 1 is 1.38 bits per heavy atom. The monoisotopic (exact) mass is 339 g/mol. The molecule has 5 heteroatoms. The summed E-state index contributed by atoms with van der Waals surface area (Å²) in [4.78, 5) is 21.0. The minimum Gasteiger partial charge on any atom is -0.334 e. The summed E-state index contributed by atoms with van der Waals surface area (Å²) in [5, 5.41) is 9.79. The zero-order valence-corrected chi connectivity index (χ0v) is 14.7. The van der Waals surface area contributed by atoms with Crippen molar-refractivity contribution in [2.24, 2.45) is 10.8 Å². The van der Waals surface area contributed by atoms with Crippen LogP contribution in [0.5, 0.6) is 0 Å². The van der Waals surface area contributed by atoms with Crippen molar-refractivity contribution in [2.45, 2.75) is 61.6 Å². The number of hydrogen-bond donors (Lipinski definition) is 0. The van der Waals surface area contributed by atoms with E-state index in [-0.39, 0.29) is 11.5 Å². The van der Waals surface area contributed by atoms with Crippen LogP contribution in [0.2, 0.25) is 0 Å². The number of carbonyl (C=O) groups excluding carboxylic acids is 1. The summed E-state index contributed by atoms with van der Waals surface area (Å²) in [6, 6.07) is 2.39. The van der Waals surface area contributed by atoms with Gasteiger partial charge in [0, 0.05) is 40.1 Å². The summed E-state index contributed by atoms with van der Waals surface area (Å²) in [6.07, 6.45) is 10.1. The first-order valence-corrected chi connectivity index (χ1v) is 9.77. The molecule has 24 heavy (non-hydrogen) atoms. The van der Waals surface area contributed by atoms with E-state index in [1.54, 1.807) is 18.0 Å². The SMILES string of the molecule is CC12CCC(C(=O)N3C[C@@H]4C[C@H]3c3cncc(C#N)c3S4)(CC1)C2. The average molecular weight is 339 g/mol. The maximum absolute atomic E-state index is 13.5. The van der Waals surface area contributed by atoms with Crippen LogP contribution in [-0.2, 0) is 4.79 Å². The Labute approximate surface area is 146 Å². The molecular weight excluding hydrogens is 318 g/mol. The topological polar surface area (TPSA) is 57.0 Å². The lowest BCUT2D eigenvalue weighted by Gasteiger charge is -2.34. The highest BCUT2D eigenvalue weighted by Crippen LogP contribution is 2.63. The molecule has 1 amide bonds. The van der Waals surface area contributed by atoms with Gasteiger partial charge in [-0.3, -0.25) is 9.78 Å². The third-order valence-electron chi connectivity index (χ3n) is 6.84. The Kier molecular flexibility index (Phi) is 2.93. The lowest BCUT2D eigenvalue weighted by molar-refractivity contribution is -0.142. The summed E-state index contributed by atoms with van der Waals surface area (Å²) in [5.41, 5.74) is 2.05. The van der Waals surface area contributed by atoms with E-state index in [0.717, 1.165) is 42.7 Å². The highest BCUT2D eigenvalue weighted by atomic mass is 32.2. The van der Waals surface area contributed by atoms with E-state index < -0.39 is 0 Å². The van der Waals surface area contributed by atoms with E-state index in [1.807, 2.05) is 6.20 Å². The predicted molar refractivity (Wildman–Crippen MR) is 91.3 cm³/mol. The minimum absolute atomic E-state index is 0.0999. The maximum atomic E-state index is 13.5. The van der Waals surface area contributed by atoms with Crippen LogP contribution in [0.3, 0.4) is 0 Å². The van der Waals surface area contributed by atoms with Crippen molar-refractivity contribution in [1.82, 2.24) is 9.88 Å². The summed E-state index contributed by atoms with van der Waals surface area (Å²) in [7, 11) is 0. The second-order valence-electron chi connectivity index (χ2n) is 8.43. The number of fused-ring (bicyclic) bond motifs is 6. The van der Waals surface area contributed by atoms with Crippen LogP contribution in [-0.4, -0.2) is 27.6 Å². The van der Waals surface area contributed by atoms with Crippen molar-refractivity contribution >= 4 is 17.7 Å². The van der Waals surface area contributed by atoms with E-state index in [9.17, 15) is 10.1 Å². The number of nitrogens with zero attached hydrogens (tertiary/aromatic N) is 3. The Morgan fingerprint density at radius 2 is 2.17 bits per heavy atom. The highest BCUT2D eigenvalue weighted by molar-refractivity contribution is 8.00. The molecule has 3 fully saturated rings. The molecule has 2 atom stereocenters. The fourth-order valence-electron chi connectivity index (χ4n) is 5.58. The van der Waals surface area contributed by atoms with Crippen LogP contribution in [0.15, 0.2) is 17.3 Å². The largest absolute Gasteiger partial charge is 0.334 e. The number of aromatic nitrogens is 1. The molecule has 4 nitrogen and oxygen atoms in total. The van der Waals surface area contributed by atoms with Gasteiger partial charge in [-0.1, -0.05) is 6.92 Å². The zero-order valence-electron chi connectivity index (χ0n) is 13.9. The van der Waals surface area contributed by atoms with Crippen LogP contribution in [0.4, 0.5) is 0 Å². The number of hydrogen-bond acceptors (Lipinski definition) is 4. The summed E-state index contributed by atoms with van der Waals surface area (Å²) >= 11 is 1.77. The zero-order chi connectivity index (χ0) is 16.5. The van der Waals surface area contributed by atoms with Gasteiger partial charge >= 0.3 is 0 Å². The average Bonchev–Trinajstić information content (AvgIpc) is 3.23. The van der Waals surface area contributed by atoms with Crippen molar-refractivity contribution < 1.29 is 4.79 Å². The molecule has 2 aliphatic heterocycles. The van der Waals surface area contributed by atoms with Gasteiger partial charge in [0.2, 0.25) is 5.91 Å². The first-order chi connectivity index (χ1) is 11.5. The number of carbonyl (C=O) groups is 1. The Morgan fingerprint density at radius 3 is 2.83 bits per heavy atom. The van der Waals surface area contributed by atoms with Crippen LogP contribution < -0.4 is 0 Å². The normalized spacial score (nSPS) is 38.9. The molecule has 0 spiro atoms. The highest BCUT2D eigenvalue weighted by Gasteiger charge is 2.58. The van der Waals surface area contributed by atoms with E-state index in [4.69, 9.17) is 0 Å². The molecule has 0 N–H and O–H groups in total. The second kappa shape index (κ2) is 4.76. The van der Waals surface area contributed by atoms with Crippen molar-refractivity contribution in [3.8, 4) is 6.07 Å². The predicted octanol–water partition coefficient (Wildman–Crippen LogP) is 3.67. The van der Waals surface area contributed by atoms with Gasteiger partial charge in [-0.15, -0.1) is 11.8 Å². The van der Waals surface area contributed by atoms with Gasteiger partial charge in [-0.05, 0) is 43.9 Å². The van der Waals surface area contributed by atoms with E-state index in [2.05, 4.69) is 22.9 Å². The van der Waals surface area contributed by atoms with Crippen molar-refractivity contribution in [1.29, 1.82) is 5.26 Å². The summed E-state index contributed by atoms with van der Waals surface area (Å²) < 4.78 is 0. The molecule has 4 bridgehead atoms. The second-order valence-corrected chi connectivity index (χ2v) is 9.74. The third-order valence-corrected chi connectivity index (χ3v) is 8.21. The Bertz CT molecular complexity index is 775. The number of nitriles is 1. The molecule has 0 unspecified atom stereocenters. The summed E-state index contributed by atoms with van der Waals surface area (Å²) in [5.74, 6) is 0.382. The molecule has 1 saturated heterocycles. The molecular formula is C19H21N3OS. The number of amides is 1. The van der Waals surface area contributed by atoms with Gasteiger partial charge in [0.05, 0.1) is 11.6 Å². The third kappa shape index (κ3) is 1.86. The number of thioether (sulfide) groups is 1. The van der Waals surface area contributed by atoms with Gasteiger partial charge in [0.25, 0.3) is 0 Å². The summed E-state index contributed by atoms with van der Waals surface area (Å²) in [6.45, 7) is 3.18. The minimum atomic E-state index is -0.0999. The van der Waals surface area contributed by atoms with Crippen LogP contribution in [0.1, 0.15) is 62.6 Å². The van der Waals surface area contributed by atoms with Gasteiger partial charge in [-0.25, -0.2) is 0 Å². The van der Waals surface area contributed by atoms with Crippen LogP contribution in [0, 0.1) is 22.2 Å². The van der Waals surface area contributed by atoms with Gasteiger partial charge in [0.15, 0.2) is 0 Å². The van der Waals surface area contributed by atoms with E-state index in [1.165, 1.54) is 12.8 Å². The lowest BCUT2D eigenvalue weighted by atomic mass is 9.81. The lowest BCUT2D eigenvalue weighted by Crippen LogP contribution is -2.41. The molecule has 1 aromatic heterocycles. The van der Waals surface area contributed by atoms with Crippen molar-refractivity contribution in [3.63, 3.8) is 0 Å². The standard InChI is InChI=1S/C19H21N3OS/c1-18-2-4-19(11-18,5-3-18)17(23)22-10-13-6-15(22)14-9-21-8-12(7-20)16(14)24-13/h8-9,13,15H,2-6,10-11H2,1H3/t13-,15-,18?,19?/m0/s1. The number of rotatable bonds is 1. The van der Waals surface area contributed by atoms with Crippen LogP contribution >= 0.6 is 11.8 Å². The van der Waals surface area contributed by atoms with Gasteiger partial charge < -0.3 is 4.90 Å². The molecule has 2 saturated carbocycles. The quantitative estimate of drug-likeness (QED) is 0.783. The molecule has 2 aliphatic carbocycles. The molecule has 3 heterocycles.